The second-order valence-corrected chi connectivity index (χ2v) is 13.7. The summed E-state index contributed by atoms with van der Waals surface area (Å²) in [7, 11) is 0. The molecule has 6 aromatic rings. The number of rotatable bonds is 4. The summed E-state index contributed by atoms with van der Waals surface area (Å²) in [6.07, 6.45) is 0. The predicted molar refractivity (Wildman–Crippen MR) is 184 cm³/mol. The van der Waals surface area contributed by atoms with E-state index in [1.165, 1.54) is 33.4 Å². The highest BCUT2D eigenvalue weighted by atomic mass is 16.5. The summed E-state index contributed by atoms with van der Waals surface area (Å²) in [5.41, 5.74) is 10.6. The van der Waals surface area contributed by atoms with Crippen molar-refractivity contribution >= 4 is 0 Å². The van der Waals surface area contributed by atoms with E-state index in [-0.39, 0.29) is 22.3 Å². The zero-order valence-electron chi connectivity index (χ0n) is 26.5. The van der Waals surface area contributed by atoms with Crippen LogP contribution in [0.5, 0.6) is 23.0 Å². The third-order valence-electron chi connectivity index (χ3n) is 10.6. The summed E-state index contributed by atoms with van der Waals surface area (Å²) in [6, 6.07) is 46.0. The lowest BCUT2D eigenvalue weighted by Gasteiger charge is -2.41. The molecule has 0 amide bonds. The maximum absolute atomic E-state index is 10.0. The summed E-state index contributed by atoms with van der Waals surface area (Å²) in [5.74, 6) is 2.24. The summed E-state index contributed by atoms with van der Waals surface area (Å²) in [5, 5.41) is 20.0. The van der Waals surface area contributed by atoms with Crippen LogP contribution >= 0.6 is 0 Å². The number of aromatic hydroxyl groups is 2. The fourth-order valence-corrected chi connectivity index (χ4v) is 7.77. The first-order chi connectivity index (χ1) is 22.1. The van der Waals surface area contributed by atoms with E-state index in [0.29, 0.717) is 0 Å². The van der Waals surface area contributed by atoms with Gasteiger partial charge in [-0.3, -0.25) is 0 Å². The molecule has 2 N–H and O–H groups in total. The third kappa shape index (κ3) is 3.91. The Balaban J connectivity index is 1.42. The molecule has 0 radical (unpaired) electrons. The second kappa shape index (κ2) is 9.86. The van der Waals surface area contributed by atoms with Gasteiger partial charge < -0.3 is 14.9 Å². The van der Waals surface area contributed by atoms with Gasteiger partial charge in [-0.05, 0) is 93.0 Å². The highest BCUT2D eigenvalue weighted by Gasteiger charge is 2.51. The summed E-state index contributed by atoms with van der Waals surface area (Å²) < 4.78 is 6.81. The number of hydrogen-bond donors (Lipinski definition) is 2. The summed E-state index contributed by atoms with van der Waals surface area (Å²) >= 11 is 0. The lowest BCUT2D eigenvalue weighted by molar-refractivity contribution is 0.434. The third-order valence-corrected chi connectivity index (χ3v) is 10.6. The fraction of sp³-hybridized carbons (Fsp3) is 0.163. The molecule has 1 spiro atoms. The Labute approximate surface area is 270 Å². The van der Waals surface area contributed by atoms with Crippen LogP contribution < -0.4 is 4.74 Å². The number of ether oxygens (including phenoxy) is 1. The summed E-state index contributed by atoms with van der Waals surface area (Å²) in [6.45, 7) is 8.95. The minimum atomic E-state index is -0.599. The van der Waals surface area contributed by atoms with Crippen LogP contribution in [0.25, 0.3) is 11.1 Å². The zero-order valence-corrected chi connectivity index (χ0v) is 26.5. The smallest absolute Gasteiger partial charge is 0.132 e. The molecular formula is C43H36O3. The first-order valence-electron chi connectivity index (χ1n) is 15.9. The molecule has 6 aromatic carbocycles. The van der Waals surface area contributed by atoms with E-state index >= 15 is 0 Å². The molecule has 3 heteroatoms. The molecule has 1 aliphatic carbocycles. The van der Waals surface area contributed by atoms with E-state index in [2.05, 4.69) is 113 Å². The maximum Gasteiger partial charge on any atom is 0.132 e. The van der Waals surface area contributed by atoms with Crippen molar-refractivity contribution in [1.29, 1.82) is 0 Å². The fourth-order valence-electron chi connectivity index (χ4n) is 7.77. The Bertz CT molecular complexity index is 1980. The van der Waals surface area contributed by atoms with Gasteiger partial charge in [0, 0.05) is 22.0 Å². The Hall–Kier alpha value is -5.28. The van der Waals surface area contributed by atoms with Gasteiger partial charge in [-0.1, -0.05) is 113 Å². The van der Waals surface area contributed by atoms with Crippen LogP contribution in [0.2, 0.25) is 0 Å². The average molecular weight is 601 g/mol. The maximum atomic E-state index is 10.0. The van der Waals surface area contributed by atoms with Crippen LogP contribution in [0, 0.1) is 0 Å². The van der Waals surface area contributed by atoms with Crippen LogP contribution in [-0.4, -0.2) is 10.2 Å². The van der Waals surface area contributed by atoms with Gasteiger partial charge in [-0.15, -0.1) is 0 Å². The van der Waals surface area contributed by atoms with E-state index in [9.17, 15) is 10.2 Å². The molecule has 0 unspecified atom stereocenters. The van der Waals surface area contributed by atoms with Gasteiger partial charge in [-0.2, -0.15) is 0 Å². The van der Waals surface area contributed by atoms with Crippen molar-refractivity contribution in [1.82, 2.24) is 0 Å². The molecule has 0 saturated heterocycles. The summed E-state index contributed by atoms with van der Waals surface area (Å²) in [4.78, 5) is 0. The predicted octanol–water partition coefficient (Wildman–Crippen LogP) is 10.2. The van der Waals surface area contributed by atoms with Gasteiger partial charge >= 0.3 is 0 Å². The number of phenolic OH excluding ortho intramolecular Hbond substituents is 2. The van der Waals surface area contributed by atoms with Crippen molar-refractivity contribution in [2.45, 2.75) is 43.9 Å². The van der Waals surface area contributed by atoms with Crippen LogP contribution in [0.3, 0.4) is 0 Å². The molecule has 0 bridgehead atoms. The largest absolute Gasteiger partial charge is 0.508 e. The Morgan fingerprint density at radius 3 is 1.22 bits per heavy atom. The highest BCUT2D eigenvalue weighted by Crippen LogP contribution is 2.62. The number of fused-ring (bicyclic) bond motifs is 9. The minimum absolute atomic E-state index is 0.263. The molecule has 226 valence electrons. The van der Waals surface area contributed by atoms with Gasteiger partial charge in [-0.25, -0.2) is 0 Å². The number of benzene rings is 6. The standard InChI is InChI=1S/C43H36O3/c1-41(2,27-13-19-31(44)20-14-27)29-17-23-39-37(25-29)43(35-11-7-5-9-33(35)34-10-6-8-12-36(34)43)38-26-30(18-24-40(38)46-39)42(3,4)28-15-21-32(45)22-16-28/h5-26,44-45H,1-4H3. The van der Waals surface area contributed by atoms with Gasteiger partial charge in [0.15, 0.2) is 0 Å². The van der Waals surface area contributed by atoms with Crippen molar-refractivity contribution in [2.75, 3.05) is 0 Å². The van der Waals surface area contributed by atoms with Crippen LogP contribution in [0.1, 0.15) is 72.2 Å². The lowest BCUT2D eigenvalue weighted by Crippen LogP contribution is -2.33. The van der Waals surface area contributed by atoms with Crippen molar-refractivity contribution < 1.29 is 14.9 Å². The Morgan fingerprint density at radius 2 is 0.804 bits per heavy atom. The monoisotopic (exact) mass is 600 g/mol. The average Bonchev–Trinajstić information content (AvgIpc) is 3.36. The molecule has 46 heavy (non-hydrogen) atoms. The first-order valence-corrected chi connectivity index (χ1v) is 15.9. The number of hydrogen-bond acceptors (Lipinski definition) is 3. The molecule has 0 fully saturated rings. The molecule has 2 aliphatic rings. The molecule has 8 rings (SSSR count). The van der Waals surface area contributed by atoms with E-state index in [4.69, 9.17) is 4.74 Å². The van der Waals surface area contributed by atoms with Crippen molar-refractivity contribution in [2.24, 2.45) is 0 Å². The van der Waals surface area contributed by atoms with E-state index < -0.39 is 5.41 Å². The molecule has 0 saturated carbocycles. The Morgan fingerprint density at radius 1 is 0.435 bits per heavy atom. The van der Waals surface area contributed by atoms with Gasteiger partial charge in [0.25, 0.3) is 0 Å². The quantitative estimate of drug-likeness (QED) is 0.211. The highest BCUT2D eigenvalue weighted by molar-refractivity contribution is 5.88. The van der Waals surface area contributed by atoms with Crippen molar-refractivity contribution in [3.63, 3.8) is 0 Å². The number of phenols is 2. The van der Waals surface area contributed by atoms with Crippen LogP contribution in [0.15, 0.2) is 133 Å². The lowest BCUT2D eigenvalue weighted by atomic mass is 9.64. The molecular weight excluding hydrogens is 564 g/mol. The SMILES string of the molecule is CC(C)(c1ccc(O)cc1)c1ccc2c(c1)C1(c3cc(C(C)(C)c4ccc(O)cc4)ccc3O2)c2ccccc2-c2ccccc21. The van der Waals surface area contributed by atoms with Gasteiger partial charge in [0.05, 0.1) is 5.41 Å². The van der Waals surface area contributed by atoms with E-state index in [1.807, 2.05) is 24.3 Å². The van der Waals surface area contributed by atoms with E-state index in [0.717, 1.165) is 33.8 Å². The van der Waals surface area contributed by atoms with Gasteiger partial charge in [0.1, 0.15) is 23.0 Å². The molecule has 1 aliphatic heterocycles. The van der Waals surface area contributed by atoms with Crippen molar-refractivity contribution in [3.05, 3.63) is 178 Å². The second-order valence-electron chi connectivity index (χ2n) is 13.7. The molecule has 0 atom stereocenters. The van der Waals surface area contributed by atoms with Crippen LogP contribution in [0.4, 0.5) is 0 Å². The van der Waals surface area contributed by atoms with Crippen LogP contribution in [-0.2, 0) is 16.2 Å². The Kier molecular flexibility index (Phi) is 6.05. The molecule has 0 aromatic heterocycles. The van der Waals surface area contributed by atoms with E-state index in [1.54, 1.807) is 24.3 Å². The van der Waals surface area contributed by atoms with Gasteiger partial charge in [0.2, 0.25) is 0 Å². The molecule has 3 nitrogen and oxygen atoms in total. The topological polar surface area (TPSA) is 49.7 Å². The first kappa shape index (κ1) is 28.2. The normalized spacial score (nSPS) is 14.2. The molecule has 1 heterocycles. The van der Waals surface area contributed by atoms with Crippen molar-refractivity contribution in [3.8, 4) is 34.1 Å². The minimum Gasteiger partial charge on any atom is -0.508 e. The zero-order chi connectivity index (χ0) is 31.8.